The molecule has 0 fully saturated rings. The summed E-state index contributed by atoms with van der Waals surface area (Å²) in [6.07, 6.45) is 4.00. The van der Waals surface area contributed by atoms with Crippen LogP contribution in [-0.4, -0.2) is 70.5 Å². The van der Waals surface area contributed by atoms with Crippen LogP contribution in [0.25, 0.3) is 0 Å². The molecule has 0 atom stereocenters. The van der Waals surface area contributed by atoms with Gasteiger partial charge < -0.3 is 19.5 Å². The summed E-state index contributed by atoms with van der Waals surface area (Å²) in [6, 6.07) is 0. The van der Waals surface area contributed by atoms with Gasteiger partial charge in [-0.25, -0.2) is 4.79 Å². The summed E-state index contributed by atoms with van der Waals surface area (Å²) < 4.78 is 15.5. The molecule has 1 N–H and O–H groups in total. The fourth-order valence-corrected chi connectivity index (χ4v) is 4.45. The topological polar surface area (TPSA) is 77.1 Å². The van der Waals surface area contributed by atoms with E-state index in [-0.39, 0.29) is 18.4 Å². The lowest BCUT2D eigenvalue weighted by Gasteiger charge is -2.20. The van der Waals surface area contributed by atoms with Crippen LogP contribution in [0.2, 0.25) is 0 Å². The number of thiophene rings is 1. The molecule has 27 heavy (non-hydrogen) atoms. The first kappa shape index (κ1) is 21.8. The van der Waals surface area contributed by atoms with Gasteiger partial charge in [0.1, 0.15) is 5.00 Å². The summed E-state index contributed by atoms with van der Waals surface area (Å²) >= 11 is 1.51. The molecule has 0 unspecified atom stereocenters. The summed E-state index contributed by atoms with van der Waals surface area (Å²) in [5.74, 6) is -0.492. The lowest BCUT2D eigenvalue weighted by atomic mass is 9.95. The third-order valence-corrected chi connectivity index (χ3v) is 5.70. The number of hydrogen-bond donors (Lipinski definition) is 1. The van der Waals surface area contributed by atoms with Crippen molar-refractivity contribution in [3.63, 3.8) is 0 Å². The van der Waals surface area contributed by atoms with Gasteiger partial charge in [0.15, 0.2) is 0 Å². The molecule has 0 bridgehead atoms. The van der Waals surface area contributed by atoms with Gasteiger partial charge in [0.25, 0.3) is 0 Å². The first-order valence-corrected chi connectivity index (χ1v) is 10.2. The van der Waals surface area contributed by atoms with Crippen LogP contribution in [0.5, 0.6) is 0 Å². The Hall–Kier alpha value is -1.48. The smallest absolute Gasteiger partial charge is 0.341 e. The molecule has 1 heterocycles. The van der Waals surface area contributed by atoms with Crippen LogP contribution < -0.4 is 5.32 Å². The highest BCUT2D eigenvalue weighted by Crippen LogP contribution is 2.38. The lowest BCUT2D eigenvalue weighted by Crippen LogP contribution is -2.37. The molecule has 7 nitrogen and oxygen atoms in total. The first-order valence-electron chi connectivity index (χ1n) is 9.42. The number of aryl methyl sites for hydroxylation is 1. The number of hydrogen-bond acceptors (Lipinski definition) is 7. The van der Waals surface area contributed by atoms with E-state index < -0.39 is 0 Å². The van der Waals surface area contributed by atoms with Crippen molar-refractivity contribution in [2.75, 3.05) is 59.0 Å². The van der Waals surface area contributed by atoms with Gasteiger partial charge in [0.05, 0.1) is 31.9 Å². The average Bonchev–Trinajstić information content (AvgIpc) is 3.01. The van der Waals surface area contributed by atoms with Crippen molar-refractivity contribution in [2.24, 2.45) is 0 Å². The van der Waals surface area contributed by atoms with Gasteiger partial charge in [-0.15, -0.1) is 11.3 Å². The van der Waals surface area contributed by atoms with Gasteiger partial charge in [-0.2, -0.15) is 0 Å². The fourth-order valence-electron chi connectivity index (χ4n) is 3.15. The van der Waals surface area contributed by atoms with Crippen molar-refractivity contribution in [1.82, 2.24) is 4.90 Å². The van der Waals surface area contributed by atoms with Gasteiger partial charge in [-0.05, 0) is 38.2 Å². The molecule has 1 aromatic heterocycles. The maximum Gasteiger partial charge on any atom is 0.341 e. The molecule has 2 rings (SSSR count). The number of ether oxygens (including phenoxy) is 3. The number of nitrogens with zero attached hydrogens (tertiary/aromatic N) is 1. The molecular weight excluding hydrogens is 368 g/mol. The van der Waals surface area contributed by atoms with E-state index in [1.807, 2.05) is 4.90 Å². The van der Waals surface area contributed by atoms with E-state index in [1.165, 1.54) is 16.2 Å². The van der Waals surface area contributed by atoms with E-state index in [9.17, 15) is 9.59 Å². The molecule has 152 valence electrons. The molecular formula is C19H30N2O5S. The van der Waals surface area contributed by atoms with Crippen LogP contribution in [0.4, 0.5) is 5.00 Å². The highest BCUT2D eigenvalue weighted by atomic mass is 32.1. The second-order valence-corrected chi connectivity index (χ2v) is 7.55. The second kappa shape index (κ2) is 11.4. The van der Waals surface area contributed by atoms with E-state index >= 15 is 0 Å². The summed E-state index contributed by atoms with van der Waals surface area (Å²) in [5, 5.41) is 3.56. The van der Waals surface area contributed by atoms with Crippen molar-refractivity contribution >= 4 is 28.2 Å². The number of carbonyl (C=O) groups is 2. The molecule has 1 amide bonds. The predicted octanol–water partition coefficient (Wildman–Crippen LogP) is 2.34. The lowest BCUT2D eigenvalue weighted by molar-refractivity contribution is -0.117. The number of rotatable bonds is 11. The van der Waals surface area contributed by atoms with Gasteiger partial charge in [-0.1, -0.05) is 0 Å². The van der Waals surface area contributed by atoms with Crippen molar-refractivity contribution in [3.05, 3.63) is 16.0 Å². The van der Waals surface area contributed by atoms with Gasteiger partial charge >= 0.3 is 5.97 Å². The first-order chi connectivity index (χ1) is 13.1. The molecule has 0 saturated heterocycles. The van der Waals surface area contributed by atoms with E-state index in [0.29, 0.717) is 43.5 Å². The number of fused-ring (bicyclic) bond motifs is 1. The average molecular weight is 399 g/mol. The fraction of sp³-hybridized carbons (Fsp3) is 0.684. The molecule has 0 aromatic carbocycles. The minimum Gasteiger partial charge on any atom is -0.462 e. The zero-order chi connectivity index (χ0) is 19.6. The molecule has 0 spiro atoms. The highest BCUT2D eigenvalue weighted by molar-refractivity contribution is 7.17. The molecule has 0 saturated carbocycles. The predicted molar refractivity (Wildman–Crippen MR) is 106 cm³/mol. The minimum absolute atomic E-state index is 0.147. The Morgan fingerprint density at radius 2 is 1.78 bits per heavy atom. The number of esters is 1. The summed E-state index contributed by atoms with van der Waals surface area (Å²) in [5.41, 5.74) is 1.60. The third-order valence-electron chi connectivity index (χ3n) is 4.49. The van der Waals surface area contributed by atoms with Crippen LogP contribution in [0.3, 0.4) is 0 Å². The Morgan fingerprint density at radius 3 is 2.41 bits per heavy atom. The Kier molecular flexibility index (Phi) is 9.20. The minimum atomic E-state index is -0.345. The van der Waals surface area contributed by atoms with E-state index in [0.717, 1.165) is 31.2 Å². The maximum atomic E-state index is 12.6. The number of nitrogens with one attached hydrogen (secondary N) is 1. The van der Waals surface area contributed by atoms with Crippen molar-refractivity contribution in [1.29, 1.82) is 0 Å². The molecule has 0 radical (unpaired) electrons. The van der Waals surface area contributed by atoms with Gasteiger partial charge in [0.2, 0.25) is 5.91 Å². The summed E-state index contributed by atoms with van der Waals surface area (Å²) in [4.78, 5) is 28.3. The molecule has 1 aromatic rings. The quantitative estimate of drug-likeness (QED) is 0.577. The van der Waals surface area contributed by atoms with Crippen LogP contribution in [0.1, 0.15) is 40.6 Å². The van der Waals surface area contributed by atoms with Crippen LogP contribution in [0.15, 0.2) is 0 Å². The number of carbonyl (C=O) groups excluding carboxylic acids is 2. The summed E-state index contributed by atoms with van der Waals surface area (Å²) in [7, 11) is 3.27. The van der Waals surface area contributed by atoms with Crippen molar-refractivity contribution in [3.8, 4) is 0 Å². The summed E-state index contributed by atoms with van der Waals surface area (Å²) in [6.45, 7) is 4.68. The Morgan fingerprint density at radius 1 is 1.11 bits per heavy atom. The highest BCUT2D eigenvalue weighted by Gasteiger charge is 2.27. The monoisotopic (exact) mass is 398 g/mol. The van der Waals surface area contributed by atoms with E-state index in [2.05, 4.69) is 5.32 Å². The molecule has 1 aliphatic carbocycles. The normalized spacial score (nSPS) is 13.5. The SMILES string of the molecule is CCOC(=O)c1c(NC(=O)CN(CCOC)CCOC)sc2c1CCCC2. The zero-order valence-corrected chi connectivity index (χ0v) is 17.3. The molecule has 8 heteroatoms. The Balaban J connectivity index is 2.11. The van der Waals surface area contributed by atoms with Gasteiger partial charge in [-0.3, -0.25) is 9.69 Å². The van der Waals surface area contributed by atoms with Crippen LogP contribution >= 0.6 is 11.3 Å². The standard InChI is InChI=1S/C19H30N2O5S/c1-4-26-19(23)17-14-7-5-6-8-15(14)27-18(17)20-16(22)13-21(9-11-24-2)10-12-25-3/h4-13H2,1-3H3,(H,20,22). The zero-order valence-electron chi connectivity index (χ0n) is 16.5. The second-order valence-electron chi connectivity index (χ2n) is 6.45. The van der Waals surface area contributed by atoms with E-state index in [4.69, 9.17) is 14.2 Å². The number of anilines is 1. The van der Waals surface area contributed by atoms with Crippen LogP contribution in [0, 0.1) is 0 Å². The van der Waals surface area contributed by atoms with E-state index in [1.54, 1.807) is 21.1 Å². The Labute approximate surface area is 165 Å². The van der Waals surface area contributed by atoms with Crippen molar-refractivity contribution in [2.45, 2.75) is 32.6 Å². The largest absolute Gasteiger partial charge is 0.462 e. The maximum absolute atomic E-state index is 12.6. The van der Waals surface area contributed by atoms with Crippen molar-refractivity contribution < 1.29 is 23.8 Å². The number of amides is 1. The third kappa shape index (κ3) is 6.27. The van der Waals surface area contributed by atoms with Gasteiger partial charge in [0, 0.05) is 32.2 Å². The Bertz CT molecular complexity index is 624. The molecule has 1 aliphatic rings. The number of methoxy groups -OCH3 is 2. The van der Waals surface area contributed by atoms with Crippen LogP contribution in [-0.2, 0) is 31.8 Å². The molecule has 0 aliphatic heterocycles.